The number of benzene rings is 1. The second kappa shape index (κ2) is 7.33. The van der Waals surface area contributed by atoms with Crippen LogP contribution in [-0.4, -0.2) is 36.0 Å². The number of aryl methyl sites for hydroxylation is 1. The summed E-state index contributed by atoms with van der Waals surface area (Å²) in [7, 11) is -3.53. The highest BCUT2D eigenvalue weighted by molar-refractivity contribution is 7.89. The molecule has 5 rings (SSSR count). The van der Waals surface area contributed by atoms with Crippen molar-refractivity contribution in [3.05, 3.63) is 41.3 Å². The first-order valence-corrected chi connectivity index (χ1v) is 12.2. The van der Waals surface area contributed by atoms with Gasteiger partial charge >= 0.3 is 0 Å². The minimum atomic E-state index is -3.53. The fourth-order valence-corrected chi connectivity index (χ4v) is 5.91. The van der Waals surface area contributed by atoms with Gasteiger partial charge in [0.1, 0.15) is 5.58 Å². The molecule has 1 aromatic carbocycles. The van der Waals surface area contributed by atoms with Crippen LogP contribution in [-0.2, 0) is 10.0 Å². The molecule has 1 saturated heterocycles. The summed E-state index contributed by atoms with van der Waals surface area (Å²) in [5.41, 5.74) is 1.36. The number of sulfonamides is 1. The Morgan fingerprint density at radius 1 is 1.20 bits per heavy atom. The smallest absolute Gasteiger partial charge is 0.294 e. The van der Waals surface area contributed by atoms with E-state index >= 15 is 0 Å². The van der Waals surface area contributed by atoms with E-state index in [1.807, 2.05) is 24.4 Å². The Balaban J connectivity index is 1.51. The molecular formula is C21H21N3O4S2. The van der Waals surface area contributed by atoms with Crippen LogP contribution in [0.3, 0.4) is 0 Å². The van der Waals surface area contributed by atoms with Gasteiger partial charge in [-0.05, 0) is 55.3 Å². The van der Waals surface area contributed by atoms with Crippen LogP contribution in [0.5, 0.6) is 0 Å². The molecule has 156 valence electrons. The van der Waals surface area contributed by atoms with Crippen molar-refractivity contribution in [2.45, 2.75) is 31.6 Å². The van der Waals surface area contributed by atoms with Gasteiger partial charge in [0.25, 0.3) is 5.89 Å². The fourth-order valence-electron chi connectivity index (χ4n) is 3.76. The molecule has 3 aromatic heterocycles. The van der Waals surface area contributed by atoms with E-state index in [4.69, 9.17) is 8.94 Å². The number of fused-ring (bicyclic) bond motifs is 1. The van der Waals surface area contributed by atoms with E-state index in [0.717, 1.165) is 28.7 Å². The standard InChI is InChI=1S/C21H21N3O4S2/c1-13-7-9-24(10-8-13)30(25,26)15-5-6-17-16(12-15)14(2)19(27-17)21-22-20(23-28-21)18-4-3-11-29-18/h3-6,11-13H,7-10H2,1-2H3. The van der Waals surface area contributed by atoms with Crippen molar-refractivity contribution in [3.8, 4) is 22.4 Å². The van der Waals surface area contributed by atoms with Crippen molar-refractivity contribution >= 4 is 32.3 Å². The number of nitrogens with zero attached hydrogens (tertiary/aromatic N) is 3. The van der Waals surface area contributed by atoms with Crippen molar-refractivity contribution in [1.29, 1.82) is 0 Å². The molecule has 1 aliphatic heterocycles. The summed E-state index contributed by atoms with van der Waals surface area (Å²) < 4.78 is 39.2. The lowest BCUT2D eigenvalue weighted by Gasteiger charge is -2.29. The molecule has 9 heteroatoms. The third-order valence-corrected chi connectivity index (χ3v) is 8.41. The van der Waals surface area contributed by atoms with Gasteiger partial charge in [-0.25, -0.2) is 8.42 Å². The number of aromatic nitrogens is 2. The van der Waals surface area contributed by atoms with Crippen LogP contribution in [0.2, 0.25) is 0 Å². The van der Waals surface area contributed by atoms with Crippen LogP contribution in [0.4, 0.5) is 0 Å². The van der Waals surface area contributed by atoms with E-state index < -0.39 is 10.0 Å². The lowest BCUT2D eigenvalue weighted by Crippen LogP contribution is -2.37. The van der Waals surface area contributed by atoms with Gasteiger partial charge in [0.05, 0.1) is 9.77 Å². The third-order valence-electron chi connectivity index (χ3n) is 5.65. The Morgan fingerprint density at radius 3 is 2.73 bits per heavy atom. The number of rotatable bonds is 4. The molecule has 0 bridgehead atoms. The van der Waals surface area contributed by atoms with Crippen molar-refractivity contribution in [1.82, 2.24) is 14.4 Å². The number of furan rings is 1. The average Bonchev–Trinajstić information content (AvgIpc) is 3.48. The van der Waals surface area contributed by atoms with Gasteiger partial charge < -0.3 is 8.94 Å². The van der Waals surface area contributed by atoms with Crippen molar-refractivity contribution in [2.24, 2.45) is 5.92 Å². The van der Waals surface area contributed by atoms with Gasteiger partial charge in [0.2, 0.25) is 15.8 Å². The zero-order valence-corrected chi connectivity index (χ0v) is 18.3. The fraction of sp³-hybridized carbons (Fsp3) is 0.333. The van der Waals surface area contributed by atoms with Crippen LogP contribution in [0, 0.1) is 12.8 Å². The van der Waals surface area contributed by atoms with Crippen LogP contribution >= 0.6 is 11.3 Å². The molecule has 0 aliphatic carbocycles. The maximum Gasteiger partial charge on any atom is 0.294 e. The van der Waals surface area contributed by atoms with E-state index in [0.29, 0.717) is 36.2 Å². The lowest BCUT2D eigenvalue weighted by molar-refractivity contribution is 0.288. The summed E-state index contributed by atoms with van der Waals surface area (Å²) in [5.74, 6) is 1.80. The molecule has 4 heterocycles. The predicted molar refractivity (Wildman–Crippen MR) is 115 cm³/mol. The normalized spacial score (nSPS) is 16.5. The Hall–Kier alpha value is -2.49. The van der Waals surface area contributed by atoms with E-state index in [1.165, 1.54) is 11.3 Å². The maximum atomic E-state index is 13.1. The Kier molecular flexibility index (Phi) is 4.76. The van der Waals surface area contributed by atoms with Crippen LogP contribution in [0.15, 0.2) is 49.5 Å². The average molecular weight is 444 g/mol. The zero-order valence-electron chi connectivity index (χ0n) is 16.7. The molecular weight excluding hydrogens is 422 g/mol. The van der Waals surface area contributed by atoms with Gasteiger partial charge in [-0.15, -0.1) is 11.3 Å². The second-order valence-corrected chi connectivity index (χ2v) is 10.6. The molecule has 7 nitrogen and oxygen atoms in total. The highest BCUT2D eigenvalue weighted by Gasteiger charge is 2.29. The monoisotopic (exact) mass is 443 g/mol. The molecule has 0 spiro atoms. The van der Waals surface area contributed by atoms with Gasteiger partial charge in [0.15, 0.2) is 5.76 Å². The van der Waals surface area contributed by atoms with Crippen molar-refractivity contribution in [3.63, 3.8) is 0 Å². The summed E-state index contributed by atoms with van der Waals surface area (Å²) in [6, 6.07) is 8.83. The summed E-state index contributed by atoms with van der Waals surface area (Å²) in [6.07, 6.45) is 1.78. The lowest BCUT2D eigenvalue weighted by atomic mass is 10.0. The first-order chi connectivity index (χ1) is 14.4. The van der Waals surface area contributed by atoms with Crippen LogP contribution in [0.25, 0.3) is 33.3 Å². The summed E-state index contributed by atoms with van der Waals surface area (Å²) >= 11 is 1.53. The second-order valence-electron chi connectivity index (χ2n) is 7.70. The highest BCUT2D eigenvalue weighted by atomic mass is 32.2. The molecule has 0 unspecified atom stereocenters. The molecule has 0 radical (unpaired) electrons. The largest absolute Gasteiger partial charge is 0.451 e. The first kappa shape index (κ1) is 19.5. The topological polar surface area (TPSA) is 89.4 Å². The van der Waals surface area contributed by atoms with Gasteiger partial charge in [-0.1, -0.05) is 18.1 Å². The van der Waals surface area contributed by atoms with Gasteiger partial charge in [0, 0.05) is 24.0 Å². The van der Waals surface area contributed by atoms with Gasteiger partial charge in [-0.3, -0.25) is 0 Å². The van der Waals surface area contributed by atoms with Crippen molar-refractivity contribution in [2.75, 3.05) is 13.1 Å². The molecule has 0 atom stereocenters. The van der Waals surface area contributed by atoms with E-state index in [-0.39, 0.29) is 10.8 Å². The molecule has 1 fully saturated rings. The molecule has 4 aromatic rings. The number of thiophene rings is 1. The molecule has 0 amide bonds. The molecule has 0 saturated carbocycles. The predicted octanol–water partition coefficient (Wildman–Crippen LogP) is 4.94. The molecule has 30 heavy (non-hydrogen) atoms. The Morgan fingerprint density at radius 2 is 2.00 bits per heavy atom. The van der Waals surface area contributed by atoms with E-state index in [9.17, 15) is 8.42 Å². The molecule has 1 aliphatic rings. The maximum absolute atomic E-state index is 13.1. The third kappa shape index (κ3) is 3.27. The number of hydrogen-bond acceptors (Lipinski definition) is 7. The number of hydrogen-bond donors (Lipinski definition) is 0. The quantitative estimate of drug-likeness (QED) is 0.444. The summed E-state index contributed by atoms with van der Waals surface area (Å²) in [4.78, 5) is 5.63. The van der Waals surface area contributed by atoms with E-state index in [1.54, 1.807) is 22.5 Å². The SMILES string of the molecule is Cc1c(-c2nc(-c3cccs3)no2)oc2ccc(S(=O)(=O)N3CCC(C)CC3)cc12. The summed E-state index contributed by atoms with van der Waals surface area (Å²) in [5, 5.41) is 6.71. The first-order valence-electron chi connectivity index (χ1n) is 9.85. The van der Waals surface area contributed by atoms with Crippen LogP contribution in [0.1, 0.15) is 25.3 Å². The highest BCUT2D eigenvalue weighted by Crippen LogP contribution is 2.35. The zero-order chi connectivity index (χ0) is 20.9. The number of piperidine rings is 1. The van der Waals surface area contributed by atoms with E-state index in [2.05, 4.69) is 17.1 Å². The Labute approximate surface area is 178 Å². The minimum absolute atomic E-state index is 0.279. The van der Waals surface area contributed by atoms with Gasteiger partial charge in [-0.2, -0.15) is 9.29 Å². The minimum Gasteiger partial charge on any atom is -0.451 e. The van der Waals surface area contributed by atoms with Crippen LogP contribution < -0.4 is 0 Å². The Bertz CT molecular complexity index is 1300. The van der Waals surface area contributed by atoms with Crippen molar-refractivity contribution < 1.29 is 17.4 Å². The summed E-state index contributed by atoms with van der Waals surface area (Å²) in [6.45, 7) is 5.15. The molecule has 0 N–H and O–H groups in total.